The third kappa shape index (κ3) is 2.47. The first-order valence-corrected chi connectivity index (χ1v) is 6.85. The molecule has 3 N–H and O–H groups in total. The second kappa shape index (κ2) is 5.24. The average Bonchev–Trinajstić information content (AvgIpc) is 2.78. The normalized spacial score (nSPS) is 25.7. The molecule has 0 spiro atoms. The molecule has 0 aliphatic heterocycles. The van der Waals surface area contributed by atoms with Crippen LogP contribution in [0.25, 0.3) is 0 Å². The van der Waals surface area contributed by atoms with E-state index in [0.717, 1.165) is 25.2 Å². The molecule has 0 unspecified atom stereocenters. The lowest BCUT2D eigenvalue weighted by atomic mass is 9.62. The highest BCUT2D eigenvalue weighted by Crippen LogP contribution is 2.45. The molecule has 0 aromatic carbocycles. The summed E-state index contributed by atoms with van der Waals surface area (Å²) in [5.74, 6) is 1.14. The van der Waals surface area contributed by atoms with E-state index in [4.69, 9.17) is 18.0 Å². The summed E-state index contributed by atoms with van der Waals surface area (Å²) in [5, 5.41) is 10.7. The fourth-order valence-electron chi connectivity index (χ4n) is 2.64. The molecule has 2 rings (SSSR count). The molecule has 1 heterocycles. The predicted octanol–water partition coefficient (Wildman–Crippen LogP) is 0.617. The van der Waals surface area contributed by atoms with Gasteiger partial charge in [0.1, 0.15) is 6.33 Å². The van der Waals surface area contributed by atoms with Crippen molar-refractivity contribution in [3.05, 3.63) is 12.2 Å². The van der Waals surface area contributed by atoms with Gasteiger partial charge in [-0.05, 0) is 25.7 Å². The molecule has 1 amide bonds. The molecule has 1 aromatic heterocycles. The van der Waals surface area contributed by atoms with E-state index in [2.05, 4.69) is 22.4 Å². The Bertz CT molecular complexity index is 492. The van der Waals surface area contributed by atoms with Crippen LogP contribution in [0.2, 0.25) is 0 Å². The van der Waals surface area contributed by atoms with Crippen LogP contribution in [0.15, 0.2) is 6.33 Å². The second-order valence-corrected chi connectivity index (χ2v) is 5.62. The minimum Gasteiger partial charge on any atom is -0.392 e. The van der Waals surface area contributed by atoms with E-state index in [1.165, 1.54) is 0 Å². The van der Waals surface area contributed by atoms with Gasteiger partial charge in [-0.15, -0.1) is 10.2 Å². The number of hydrogen-bond acceptors (Lipinski definition) is 4. The second-order valence-electron chi connectivity index (χ2n) is 5.18. The monoisotopic (exact) mass is 281 g/mol. The highest BCUT2D eigenvalue weighted by Gasteiger charge is 2.50. The Kier molecular flexibility index (Phi) is 3.84. The first-order chi connectivity index (χ1) is 8.99. The van der Waals surface area contributed by atoms with E-state index in [0.29, 0.717) is 17.5 Å². The maximum absolute atomic E-state index is 12.3. The Hall–Kier alpha value is -1.50. The fourth-order valence-corrected chi connectivity index (χ4v) is 2.90. The molecule has 1 fully saturated rings. The molecule has 1 saturated carbocycles. The maximum atomic E-state index is 12.3. The van der Waals surface area contributed by atoms with Crippen LogP contribution >= 0.6 is 12.2 Å². The molecule has 7 heteroatoms. The molecule has 104 valence electrons. The molecule has 1 aliphatic rings. The summed E-state index contributed by atoms with van der Waals surface area (Å²) >= 11 is 5.06. The van der Waals surface area contributed by atoms with E-state index in [1.54, 1.807) is 6.33 Å². The predicted molar refractivity (Wildman–Crippen MR) is 75.2 cm³/mol. The van der Waals surface area contributed by atoms with Gasteiger partial charge < -0.3 is 15.6 Å². The average molecular weight is 281 g/mol. The van der Waals surface area contributed by atoms with Crippen molar-refractivity contribution in [1.82, 2.24) is 20.1 Å². The molecular formula is C12H19N5OS. The third-order valence-electron chi connectivity index (χ3n) is 3.74. The molecule has 6 nitrogen and oxygen atoms in total. The van der Waals surface area contributed by atoms with Crippen molar-refractivity contribution >= 4 is 23.1 Å². The molecule has 1 aliphatic carbocycles. The smallest absolute Gasteiger partial charge is 0.233 e. The van der Waals surface area contributed by atoms with Crippen molar-refractivity contribution in [2.24, 2.45) is 17.1 Å². The van der Waals surface area contributed by atoms with Gasteiger partial charge in [0.15, 0.2) is 5.82 Å². The summed E-state index contributed by atoms with van der Waals surface area (Å²) in [6.45, 7) is 5.22. The Morgan fingerprint density at radius 2 is 2.37 bits per heavy atom. The summed E-state index contributed by atoms with van der Waals surface area (Å²) in [4.78, 5) is 12.6. The first kappa shape index (κ1) is 13.9. The number of carbonyl (C=O) groups is 1. The summed E-state index contributed by atoms with van der Waals surface area (Å²) in [6.07, 6.45) is 3.11. The number of hydrogen-bond donors (Lipinski definition) is 2. The van der Waals surface area contributed by atoms with Crippen molar-refractivity contribution in [3.8, 4) is 0 Å². The molecule has 19 heavy (non-hydrogen) atoms. The van der Waals surface area contributed by atoms with Crippen molar-refractivity contribution in [1.29, 1.82) is 0 Å². The third-order valence-corrected chi connectivity index (χ3v) is 4.13. The van der Waals surface area contributed by atoms with Crippen molar-refractivity contribution in [3.63, 3.8) is 0 Å². The molecule has 0 radical (unpaired) electrons. The zero-order chi connectivity index (χ0) is 14.0. The van der Waals surface area contributed by atoms with Gasteiger partial charge in [-0.2, -0.15) is 0 Å². The van der Waals surface area contributed by atoms with E-state index in [1.807, 2.05) is 11.5 Å². The van der Waals surface area contributed by atoms with Crippen molar-refractivity contribution in [2.45, 2.75) is 39.8 Å². The summed E-state index contributed by atoms with van der Waals surface area (Å²) < 4.78 is 1.89. The summed E-state index contributed by atoms with van der Waals surface area (Å²) in [5.41, 5.74) is 5.08. The van der Waals surface area contributed by atoms with Crippen LogP contribution in [-0.2, 0) is 17.9 Å². The number of amides is 1. The number of nitrogens with zero attached hydrogens (tertiary/aromatic N) is 3. The number of aromatic nitrogens is 3. The van der Waals surface area contributed by atoms with Gasteiger partial charge in [-0.3, -0.25) is 4.79 Å². The number of rotatable bonds is 5. The fraction of sp³-hybridized carbons (Fsp3) is 0.667. The molecule has 1 aromatic rings. The van der Waals surface area contributed by atoms with Crippen molar-refractivity contribution in [2.75, 3.05) is 0 Å². The van der Waals surface area contributed by atoms with Crippen LogP contribution in [-0.4, -0.2) is 25.7 Å². The minimum absolute atomic E-state index is 0.0937. The Morgan fingerprint density at radius 3 is 2.89 bits per heavy atom. The zero-order valence-electron chi connectivity index (χ0n) is 11.2. The number of aryl methyl sites for hydroxylation is 1. The van der Waals surface area contributed by atoms with Gasteiger partial charge in [0.25, 0.3) is 0 Å². The molecule has 0 bridgehead atoms. The van der Waals surface area contributed by atoms with E-state index >= 15 is 0 Å². The maximum Gasteiger partial charge on any atom is 0.233 e. The Labute approximate surface area is 117 Å². The highest BCUT2D eigenvalue weighted by atomic mass is 32.1. The van der Waals surface area contributed by atoms with Gasteiger partial charge in [-0.1, -0.05) is 19.1 Å². The largest absolute Gasteiger partial charge is 0.392 e. The minimum atomic E-state index is -0.661. The van der Waals surface area contributed by atoms with Gasteiger partial charge in [0.2, 0.25) is 5.91 Å². The van der Waals surface area contributed by atoms with Crippen LogP contribution in [0.4, 0.5) is 0 Å². The van der Waals surface area contributed by atoms with E-state index in [-0.39, 0.29) is 5.91 Å². The summed E-state index contributed by atoms with van der Waals surface area (Å²) in [7, 11) is 0. The van der Waals surface area contributed by atoms with Crippen molar-refractivity contribution < 1.29 is 4.79 Å². The van der Waals surface area contributed by atoms with Crippen LogP contribution < -0.4 is 11.1 Å². The van der Waals surface area contributed by atoms with E-state index in [9.17, 15) is 4.79 Å². The Morgan fingerprint density at radius 1 is 1.68 bits per heavy atom. The van der Waals surface area contributed by atoms with Gasteiger partial charge in [0.05, 0.1) is 16.9 Å². The molecule has 0 atom stereocenters. The number of nitrogens with one attached hydrogen (secondary N) is 1. The van der Waals surface area contributed by atoms with E-state index < -0.39 is 5.41 Å². The molecular weight excluding hydrogens is 262 g/mol. The van der Waals surface area contributed by atoms with Gasteiger partial charge in [-0.25, -0.2) is 0 Å². The number of thiocarbonyl (C=S) groups is 1. The van der Waals surface area contributed by atoms with Crippen LogP contribution in [0, 0.1) is 11.3 Å². The van der Waals surface area contributed by atoms with Crippen LogP contribution in [0.5, 0.6) is 0 Å². The lowest BCUT2D eigenvalue weighted by Crippen LogP contribution is -2.55. The SMILES string of the molecule is CCn1cnnc1CNC(=O)C1(C(N)=S)CC(C)C1. The standard InChI is InChI=1S/C12H19N5OS/c1-3-17-7-15-16-9(17)6-14-11(18)12(10(13)19)4-8(2)5-12/h7-8H,3-6H2,1-2H3,(H2,13,19)(H,14,18). The zero-order valence-corrected chi connectivity index (χ0v) is 12.0. The number of carbonyl (C=O) groups excluding carboxylic acids is 1. The number of nitrogens with two attached hydrogens (primary N) is 1. The summed E-state index contributed by atoms with van der Waals surface area (Å²) in [6, 6.07) is 0. The van der Waals surface area contributed by atoms with Crippen LogP contribution in [0.1, 0.15) is 32.5 Å². The van der Waals surface area contributed by atoms with Gasteiger partial charge >= 0.3 is 0 Å². The topological polar surface area (TPSA) is 85.8 Å². The lowest BCUT2D eigenvalue weighted by Gasteiger charge is -2.44. The highest BCUT2D eigenvalue weighted by molar-refractivity contribution is 7.80. The quantitative estimate of drug-likeness (QED) is 0.773. The first-order valence-electron chi connectivity index (χ1n) is 6.44. The lowest BCUT2D eigenvalue weighted by molar-refractivity contribution is -0.133. The van der Waals surface area contributed by atoms with Gasteiger partial charge in [0, 0.05) is 6.54 Å². The Balaban J connectivity index is 1.99. The molecule has 0 saturated heterocycles. The van der Waals surface area contributed by atoms with Crippen LogP contribution in [0.3, 0.4) is 0 Å².